The summed E-state index contributed by atoms with van der Waals surface area (Å²) in [5.41, 5.74) is 1.01. The minimum absolute atomic E-state index is 0.00116. The average molecular weight is 483 g/mol. The monoisotopic (exact) mass is 481 g/mol. The van der Waals surface area contributed by atoms with Crippen molar-refractivity contribution in [3.63, 3.8) is 0 Å². The topological polar surface area (TPSA) is 56.5 Å². The first-order valence-electron chi connectivity index (χ1n) is 8.69. The molecule has 0 saturated carbocycles. The SMILES string of the molecule is CC[C@H](C)Oc1c(Cl)cc(C=Nn2c(C)nc3ccc(Br)cc3c2=O)cc1Cl. The van der Waals surface area contributed by atoms with Crippen LogP contribution < -0.4 is 10.3 Å². The van der Waals surface area contributed by atoms with Gasteiger partial charge in [-0.15, -0.1) is 0 Å². The number of benzene rings is 2. The fourth-order valence-corrected chi connectivity index (χ4v) is 3.53. The van der Waals surface area contributed by atoms with Gasteiger partial charge in [0.1, 0.15) is 5.82 Å². The van der Waals surface area contributed by atoms with Crippen molar-refractivity contribution in [2.75, 3.05) is 0 Å². The third-order valence-corrected chi connectivity index (χ3v) is 5.26. The highest BCUT2D eigenvalue weighted by Gasteiger charge is 2.12. The Kier molecular flexibility index (Phi) is 6.43. The van der Waals surface area contributed by atoms with Gasteiger partial charge in [-0.05, 0) is 56.2 Å². The molecule has 1 heterocycles. The molecule has 0 radical (unpaired) electrons. The zero-order chi connectivity index (χ0) is 20.4. The fraction of sp³-hybridized carbons (Fsp3) is 0.250. The zero-order valence-corrected chi connectivity index (χ0v) is 18.6. The molecule has 146 valence electrons. The number of fused-ring (bicyclic) bond motifs is 1. The number of ether oxygens (including phenoxy) is 1. The standard InChI is InChI=1S/C20H18BrCl2N3O2/c1-4-11(2)28-19-16(22)7-13(8-17(19)23)10-24-26-12(3)25-18-6-5-14(21)9-15(18)20(26)27/h5-11H,4H2,1-3H3/t11-/m0/s1. The van der Waals surface area contributed by atoms with Gasteiger partial charge in [-0.2, -0.15) is 9.78 Å². The number of aromatic nitrogens is 2. The summed E-state index contributed by atoms with van der Waals surface area (Å²) in [7, 11) is 0. The van der Waals surface area contributed by atoms with Crippen LogP contribution in [0.1, 0.15) is 31.7 Å². The number of hydrogen-bond donors (Lipinski definition) is 0. The molecule has 3 rings (SSSR count). The van der Waals surface area contributed by atoms with Crippen molar-refractivity contribution < 1.29 is 4.74 Å². The van der Waals surface area contributed by atoms with Gasteiger partial charge in [-0.1, -0.05) is 46.1 Å². The summed E-state index contributed by atoms with van der Waals surface area (Å²) in [6.07, 6.45) is 2.35. The molecule has 0 aliphatic carbocycles. The third kappa shape index (κ3) is 4.40. The second kappa shape index (κ2) is 8.64. The van der Waals surface area contributed by atoms with Crippen LogP contribution in [-0.2, 0) is 0 Å². The van der Waals surface area contributed by atoms with Crippen LogP contribution in [0.3, 0.4) is 0 Å². The first-order chi connectivity index (χ1) is 13.3. The highest BCUT2D eigenvalue weighted by molar-refractivity contribution is 9.10. The smallest absolute Gasteiger partial charge is 0.282 e. The molecular weight excluding hydrogens is 465 g/mol. The van der Waals surface area contributed by atoms with Crippen molar-refractivity contribution in [2.45, 2.75) is 33.3 Å². The molecule has 1 aromatic heterocycles. The molecule has 28 heavy (non-hydrogen) atoms. The summed E-state index contributed by atoms with van der Waals surface area (Å²) < 4.78 is 7.81. The number of nitrogens with zero attached hydrogens (tertiary/aromatic N) is 3. The number of halogens is 3. The van der Waals surface area contributed by atoms with Gasteiger partial charge < -0.3 is 4.74 Å². The van der Waals surface area contributed by atoms with E-state index in [9.17, 15) is 4.79 Å². The van der Waals surface area contributed by atoms with Gasteiger partial charge in [-0.3, -0.25) is 4.79 Å². The maximum Gasteiger partial charge on any atom is 0.282 e. The van der Waals surface area contributed by atoms with E-state index in [0.717, 1.165) is 10.9 Å². The van der Waals surface area contributed by atoms with Gasteiger partial charge in [-0.25, -0.2) is 4.98 Å². The van der Waals surface area contributed by atoms with Gasteiger partial charge in [0.25, 0.3) is 5.56 Å². The lowest BCUT2D eigenvalue weighted by atomic mass is 10.2. The molecule has 1 atom stereocenters. The molecular formula is C20H18BrCl2N3O2. The molecule has 0 unspecified atom stereocenters. The first-order valence-corrected chi connectivity index (χ1v) is 10.2. The van der Waals surface area contributed by atoms with Crippen molar-refractivity contribution >= 4 is 56.2 Å². The van der Waals surface area contributed by atoms with E-state index < -0.39 is 0 Å². The van der Waals surface area contributed by atoms with Crippen LogP contribution in [0.2, 0.25) is 10.0 Å². The first kappa shape index (κ1) is 20.8. The van der Waals surface area contributed by atoms with Crippen LogP contribution in [-0.4, -0.2) is 22.0 Å². The molecule has 0 aliphatic heterocycles. The minimum atomic E-state index is -0.256. The largest absolute Gasteiger partial charge is 0.488 e. The second-order valence-electron chi connectivity index (χ2n) is 6.33. The van der Waals surface area contributed by atoms with Gasteiger partial charge in [0, 0.05) is 4.47 Å². The van der Waals surface area contributed by atoms with E-state index in [1.165, 1.54) is 10.9 Å². The number of hydrogen-bond acceptors (Lipinski definition) is 4. The Hall–Kier alpha value is -1.89. The molecule has 0 aliphatic rings. The van der Waals surface area contributed by atoms with E-state index in [-0.39, 0.29) is 11.7 Å². The summed E-state index contributed by atoms with van der Waals surface area (Å²) >= 11 is 16.0. The van der Waals surface area contributed by atoms with Crippen molar-refractivity contribution in [3.05, 3.63) is 66.6 Å². The summed E-state index contributed by atoms with van der Waals surface area (Å²) in [5.74, 6) is 0.922. The molecule has 0 bridgehead atoms. The van der Waals surface area contributed by atoms with E-state index in [1.54, 1.807) is 31.2 Å². The zero-order valence-electron chi connectivity index (χ0n) is 15.5. The van der Waals surface area contributed by atoms with Crippen molar-refractivity contribution in [1.82, 2.24) is 9.66 Å². The summed E-state index contributed by atoms with van der Waals surface area (Å²) in [6.45, 7) is 5.69. The Morgan fingerprint density at radius 1 is 1.29 bits per heavy atom. The quantitative estimate of drug-likeness (QED) is 0.429. The van der Waals surface area contributed by atoms with Gasteiger partial charge >= 0.3 is 0 Å². The molecule has 3 aromatic rings. The van der Waals surface area contributed by atoms with Crippen LogP contribution in [0.25, 0.3) is 10.9 Å². The van der Waals surface area contributed by atoms with Gasteiger partial charge in [0.15, 0.2) is 5.75 Å². The summed E-state index contributed by atoms with van der Waals surface area (Å²) in [5, 5.41) is 5.54. The Morgan fingerprint density at radius 2 is 1.96 bits per heavy atom. The molecule has 0 fully saturated rings. The lowest BCUT2D eigenvalue weighted by Gasteiger charge is -2.15. The summed E-state index contributed by atoms with van der Waals surface area (Å²) in [6, 6.07) is 8.75. The molecule has 0 amide bonds. The van der Waals surface area contributed by atoms with Crippen LogP contribution in [0.5, 0.6) is 5.75 Å². The van der Waals surface area contributed by atoms with Crippen LogP contribution in [0.15, 0.2) is 44.7 Å². The average Bonchev–Trinajstić information content (AvgIpc) is 2.65. The third-order valence-electron chi connectivity index (χ3n) is 4.21. The van der Waals surface area contributed by atoms with Crippen molar-refractivity contribution in [1.29, 1.82) is 0 Å². The maximum atomic E-state index is 12.8. The minimum Gasteiger partial charge on any atom is -0.488 e. The number of aryl methyl sites for hydroxylation is 1. The predicted molar refractivity (Wildman–Crippen MR) is 118 cm³/mol. The fourth-order valence-electron chi connectivity index (χ4n) is 2.57. The predicted octanol–water partition coefficient (Wildman–Crippen LogP) is 5.83. The highest BCUT2D eigenvalue weighted by Crippen LogP contribution is 2.34. The van der Waals surface area contributed by atoms with Gasteiger partial charge in [0.05, 0.1) is 33.3 Å². The molecule has 0 spiro atoms. The molecule has 0 saturated heterocycles. The second-order valence-corrected chi connectivity index (χ2v) is 8.06. The van der Waals surface area contributed by atoms with E-state index in [0.29, 0.717) is 38.1 Å². The van der Waals surface area contributed by atoms with E-state index >= 15 is 0 Å². The van der Waals surface area contributed by atoms with Crippen molar-refractivity contribution in [2.24, 2.45) is 5.10 Å². The van der Waals surface area contributed by atoms with E-state index in [1.807, 2.05) is 19.9 Å². The van der Waals surface area contributed by atoms with E-state index in [2.05, 4.69) is 26.0 Å². The Labute approximate surface area is 181 Å². The van der Waals surface area contributed by atoms with E-state index in [4.69, 9.17) is 27.9 Å². The highest BCUT2D eigenvalue weighted by atomic mass is 79.9. The summed E-state index contributed by atoms with van der Waals surface area (Å²) in [4.78, 5) is 17.2. The Morgan fingerprint density at radius 3 is 2.61 bits per heavy atom. The lowest BCUT2D eigenvalue weighted by molar-refractivity contribution is 0.218. The number of rotatable bonds is 5. The maximum absolute atomic E-state index is 12.8. The Balaban J connectivity index is 1.99. The van der Waals surface area contributed by atoms with Crippen LogP contribution >= 0.6 is 39.1 Å². The van der Waals surface area contributed by atoms with Crippen LogP contribution in [0.4, 0.5) is 0 Å². The molecule has 8 heteroatoms. The van der Waals surface area contributed by atoms with Gasteiger partial charge in [0.2, 0.25) is 0 Å². The molecule has 2 aromatic carbocycles. The Bertz CT molecular complexity index is 1110. The molecule has 0 N–H and O–H groups in total. The van der Waals surface area contributed by atoms with Crippen LogP contribution in [0, 0.1) is 6.92 Å². The lowest BCUT2D eigenvalue weighted by Crippen LogP contribution is -2.20. The molecule has 5 nitrogen and oxygen atoms in total. The van der Waals surface area contributed by atoms with Crippen molar-refractivity contribution in [3.8, 4) is 5.75 Å². The normalized spacial score (nSPS) is 12.6.